The summed E-state index contributed by atoms with van der Waals surface area (Å²) in [7, 11) is 0. The summed E-state index contributed by atoms with van der Waals surface area (Å²) in [6.07, 6.45) is 3.56. The summed E-state index contributed by atoms with van der Waals surface area (Å²) in [6.45, 7) is 4.96. The Bertz CT molecular complexity index is 1750. The van der Waals surface area contributed by atoms with Crippen LogP contribution in [0.1, 0.15) is 47.9 Å². The maximum atomic E-state index is 12.2. The van der Waals surface area contributed by atoms with Gasteiger partial charge in [0.05, 0.1) is 26.4 Å². The van der Waals surface area contributed by atoms with E-state index in [1.54, 1.807) is 0 Å². The minimum atomic E-state index is -1.82. The summed E-state index contributed by atoms with van der Waals surface area (Å²) in [5, 5.41) is 36.2. The summed E-state index contributed by atoms with van der Waals surface area (Å²) < 4.78 is 22.4. The van der Waals surface area contributed by atoms with E-state index in [4.69, 9.17) is 58.6 Å². The molecule has 1 unspecified atom stereocenters. The zero-order chi connectivity index (χ0) is 45.0. The van der Waals surface area contributed by atoms with Gasteiger partial charge in [-0.1, -0.05) is 121 Å². The maximum Gasteiger partial charge on any atom is 0.414 e. The van der Waals surface area contributed by atoms with Gasteiger partial charge in [-0.25, -0.2) is 19.2 Å². The highest BCUT2D eigenvalue weighted by Gasteiger charge is 2.28. The second-order valence-corrected chi connectivity index (χ2v) is 14.2. The molecule has 16 heteroatoms. The highest BCUT2D eigenvalue weighted by Crippen LogP contribution is 2.18. The van der Waals surface area contributed by atoms with Crippen molar-refractivity contribution in [2.45, 2.75) is 64.2 Å². The molecule has 2 saturated heterocycles. The first kappa shape index (κ1) is 49.9. The van der Waals surface area contributed by atoms with Crippen molar-refractivity contribution in [1.82, 2.24) is 10.6 Å². The fourth-order valence-electron chi connectivity index (χ4n) is 6.01. The molecule has 332 valence electrons. The number of hydrogen-bond acceptors (Lipinski definition) is 12. The van der Waals surface area contributed by atoms with Crippen molar-refractivity contribution in [3.8, 4) is 0 Å². The number of rotatable bonds is 14. The highest BCUT2D eigenvalue weighted by molar-refractivity contribution is 6.27. The molecular weight excluding hydrogens is 805 g/mol. The predicted octanol–water partition coefficient (Wildman–Crippen LogP) is 4.94. The molecule has 2 aliphatic heterocycles. The molecule has 4 aromatic rings. The van der Waals surface area contributed by atoms with Crippen molar-refractivity contribution in [3.63, 3.8) is 0 Å². The van der Waals surface area contributed by atoms with Crippen LogP contribution in [0.25, 0.3) is 0 Å². The topological polar surface area (TPSA) is 244 Å². The number of carbonyl (C=O) groups excluding carboxylic acids is 2. The van der Waals surface area contributed by atoms with E-state index < -0.39 is 23.9 Å². The number of ether oxygens (including phenoxy) is 4. The Hall–Kier alpha value is -6.46. The molecule has 16 nitrogen and oxygen atoms in total. The smallest absolute Gasteiger partial charge is 0.414 e. The molecule has 2 heterocycles. The number of carbonyl (C=O) groups is 6. The molecule has 0 radical (unpaired) electrons. The van der Waals surface area contributed by atoms with Crippen molar-refractivity contribution in [2.24, 2.45) is 11.8 Å². The van der Waals surface area contributed by atoms with Crippen LogP contribution in [-0.2, 0) is 74.1 Å². The van der Waals surface area contributed by atoms with Crippen molar-refractivity contribution >= 4 is 35.8 Å². The van der Waals surface area contributed by atoms with E-state index in [1.807, 2.05) is 97.1 Å². The van der Waals surface area contributed by atoms with Crippen molar-refractivity contribution in [2.75, 3.05) is 26.3 Å². The van der Waals surface area contributed by atoms with Crippen LogP contribution in [0.3, 0.4) is 0 Å². The van der Waals surface area contributed by atoms with Gasteiger partial charge in [0.15, 0.2) is 0 Å². The molecule has 4 aromatic carbocycles. The summed E-state index contributed by atoms with van der Waals surface area (Å²) in [4.78, 5) is 60.7. The number of carboxylic acid groups (broad SMARTS) is 4. The number of hydrogen-bond donors (Lipinski definition) is 6. The monoisotopic (exact) mass is 858 g/mol. The number of aliphatic carboxylic acids is 4. The maximum absolute atomic E-state index is 12.2. The summed E-state index contributed by atoms with van der Waals surface area (Å²) in [5.74, 6) is -6.72. The van der Waals surface area contributed by atoms with Gasteiger partial charge in [-0.3, -0.25) is 9.59 Å². The van der Waals surface area contributed by atoms with Crippen molar-refractivity contribution < 1.29 is 68.1 Å². The molecule has 0 amide bonds. The normalized spacial score (nSPS) is 17.7. The van der Waals surface area contributed by atoms with E-state index in [2.05, 4.69) is 34.9 Å². The zero-order valence-electron chi connectivity index (χ0n) is 34.2. The third-order valence-corrected chi connectivity index (χ3v) is 9.35. The van der Waals surface area contributed by atoms with Crippen molar-refractivity contribution in [1.29, 1.82) is 0 Å². The lowest BCUT2D eigenvalue weighted by Gasteiger charge is -2.28. The summed E-state index contributed by atoms with van der Waals surface area (Å²) >= 11 is 0. The number of nitrogens with one attached hydrogen (secondary N) is 2. The van der Waals surface area contributed by atoms with E-state index in [0.717, 1.165) is 49.9 Å². The van der Waals surface area contributed by atoms with Gasteiger partial charge >= 0.3 is 35.8 Å². The number of piperidine rings is 2. The molecule has 2 aliphatic rings. The Morgan fingerprint density at radius 2 is 0.694 bits per heavy atom. The summed E-state index contributed by atoms with van der Waals surface area (Å²) in [5.41, 5.74) is 4.40. The first-order chi connectivity index (χ1) is 29.9. The van der Waals surface area contributed by atoms with Crippen LogP contribution >= 0.6 is 0 Å². The SMILES string of the molecule is O=C(O)C(=O)O.O=C(O)C(=O)O.O=C(OCc1ccccc1)[C@@H]1CCC(COCc2ccccc2)CN1.O=C(OCc1ccccc1)[C@@H]1CC[C@@H](COCc2ccccc2)CN1. The lowest BCUT2D eigenvalue weighted by atomic mass is 9.95. The van der Waals surface area contributed by atoms with E-state index in [-0.39, 0.29) is 24.0 Å². The predicted molar refractivity (Wildman–Crippen MR) is 224 cm³/mol. The second-order valence-electron chi connectivity index (χ2n) is 14.2. The lowest BCUT2D eigenvalue weighted by molar-refractivity contribution is -0.159. The van der Waals surface area contributed by atoms with Crippen LogP contribution in [0.15, 0.2) is 121 Å². The Labute approximate surface area is 359 Å². The fraction of sp³-hybridized carbons (Fsp3) is 0.348. The van der Waals surface area contributed by atoms with Gasteiger partial charge < -0.3 is 50.0 Å². The fourth-order valence-corrected chi connectivity index (χ4v) is 6.01. The molecule has 4 atom stereocenters. The second kappa shape index (κ2) is 28.9. The Kier molecular flexibility index (Phi) is 23.3. The molecule has 6 rings (SSSR count). The number of esters is 2. The molecule has 0 aromatic heterocycles. The number of benzene rings is 4. The van der Waals surface area contributed by atoms with E-state index >= 15 is 0 Å². The van der Waals surface area contributed by atoms with Gasteiger partial charge in [-0.2, -0.15) is 0 Å². The van der Waals surface area contributed by atoms with Crippen LogP contribution in [0.5, 0.6) is 0 Å². The molecule has 0 aliphatic carbocycles. The van der Waals surface area contributed by atoms with Gasteiger partial charge in [-0.15, -0.1) is 0 Å². The number of carboxylic acids is 4. The molecule has 62 heavy (non-hydrogen) atoms. The zero-order valence-corrected chi connectivity index (χ0v) is 34.2. The standard InChI is InChI=1S/2C21H25NO3.2C2H2O4/c2*23-21(25-16-18-9-5-2-6-10-18)20-12-11-19(13-22-20)15-24-14-17-7-3-1-4-8-17;2*3-1(4)2(5)6/h2*1-10,19-20,22H,11-16H2;2*(H,3,4)(H,5,6)/t19?,20-;19-,20+;;/m01../s1. The van der Waals surface area contributed by atoms with Crippen LogP contribution < -0.4 is 10.6 Å². The van der Waals surface area contributed by atoms with Crippen LogP contribution in [0.4, 0.5) is 0 Å². The lowest BCUT2D eigenvalue weighted by Crippen LogP contribution is -2.45. The average molecular weight is 859 g/mol. The van der Waals surface area contributed by atoms with E-state index in [1.165, 1.54) is 11.1 Å². The Morgan fingerprint density at radius 1 is 0.419 bits per heavy atom. The average Bonchev–Trinajstić information content (AvgIpc) is 3.30. The van der Waals surface area contributed by atoms with E-state index in [9.17, 15) is 9.59 Å². The molecular formula is C46H54N2O14. The molecule has 2 fully saturated rings. The molecule has 6 N–H and O–H groups in total. The highest BCUT2D eigenvalue weighted by atomic mass is 16.5. The summed E-state index contributed by atoms with van der Waals surface area (Å²) in [6, 6.07) is 39.5. The van der Waals surface area contributed by atoms with Gasteiger partial charge in [0.25, 0.3) is 0 Å². The van der Waals surface area contributed by atoms with Crippen LogP contribution in [0.2, 0.25) is 0 Å². The van der Waals surface area contributed by atoms with Crippen LogP contribution in [0, 0.1) is 11.8 Å². The van der Waals surface area contributed by atoms with Gasteiger partial charge in [0.1, 0.15) is 25.3 Å². The third kappa shape index (κ3) is 21.2. The minimum absolute atomic E-state index is 0.160. The Balaban J connectivity index is 0.000000262. The van der Waals surface area contributed by atoms with Gasteiger partial charge in [0.2, 0.25) is 0 Å². The molecule has 0 saturated carbocycles. The molecule has 0 bridgehead atoms. The Morgan fingerprint density at radius 3 is 0.935 bits per heavy atom. The molecule has 0 spiro atoms. The first-order valence-electron chi connectivity index (χ1n) is 19.9. The van der Waals surface area contributed by atoms with Crippen LogP contribution in [-0.4, -0.2) is 94.6 Å². The quantitative estimate of drug-likeness (QED) is 0.0726. The van der Waals surface area contributed by atoms with Gasteiger partial charge in [-0.05, 0) is 59.8 Å². The van der Waals surface area contributed by atoms with Gasteiger partial charge in [0, 0.05) is 13.1 Å². The van der Waals surface area contributed by atoms with E-state index in [0.29, 0.717) is 51.5 Å². The van der Waals surface area contributed by atoms with Crippen molar-refractivity contribution in [3.05, 3.63) is 144 Å². The minimum Gasteiger partial charge on any atom is -0.473 e. The first-order valence-corrected chi connectivity index (χ1v) is 19.9. The third-order valence-electron chi connectivity index (χ3n) is 9.35. The largest absolute Gasteiger partial charge is 0.473 e.